The lowest BCUT2D eigenvalue weighted by atomic mass is 10.0. The molecule has 1 aromatic rings. The number of hydrogen-bond acceptors (Lipinski definition) is 5. The largest absolute Gasteiger partial charge is 0.381 e. The Morgan fingerprint density at radius 1 is 1.59 bits per heavy atom. The molecule has 0 aromatic carbocycles. The minimum Gasteiger partial charge on any atom is -0.381 e. The number of anilines is 1. The van der Waals surface area contributed by atoms with Gasteiger partial charge in [-0.1, -0.05) is 0 Å². The lowest BCUT2D eigenvalue weighted by Gasteiger charge is -2.26. The van der Waals surface area contributed by atoms with Crippen LogP contribution in [0.15, 0.2) is 5.38 Å². The number of rotatable bonds is 4. The summed E-state index contributed by atoms with van der Waals surface area (Å²) in [5, 5.41) is 3.13. The van der Waals surface area contributed by atoms with Crippen LogP contribution in [0.5, 0.6) is 0 Å². The number of nitrogens with zero attached hydrogens (tertiary/aromatic N) is 2. The Balaban J connectivity index is 1.91. The second-order valence-electron chi connectivity index (χ2n) is 4.78. The van der Waals surface area contributed by atoms with Crippen molar-refractivity contribution in [2.24, 2.45) is 11.7 Å². The lowest BCUT2D eigenvalue weighted by Crippen LogP contribution is -2.29. The van der Waals surface area contributed by atoms with Crippen molar-refractivity contribution >= 4 is 16.5 Å². The van der Waals surface area contributed by atoms with Crippen molar-refractivity contribution in [3.8, 4) is 0 Å². The van der Waals surface area contributed by atoms with Crippen molar-refractivity contribution < 1.29 is 4.74 Å². The van der Waals surface area contributed by atoms with Crippen LogP contribution in [0.25, 0.3) is 0 Å². The molecule has 0 amide bonds. The fraction of sp³-hybridized carbons (Fsp3) is 0.750. The van der Waals surface area contributed by atoms with Gasteiger partial charge in [0.1, 0.15) is 0 Å². The van der Waals surface area contributed by atoms with E-state index in [0.29, 0.717) is 0 Å². The summed E-state index contributed by atoms with van der Waals surface area (Å²) in [5.41, 5.74) is 6.81. The fourth-order valence-corrected chi connectivity index (χ4v) is 2.96. The van der Waals surface area contributed by atoms with E-state index in [2.05, 4.69) is 22.3 Å². The van der Waals surface area contributed by atoms with Gasteiger partial charge in [-0.25, -0.2) is 4.98 Å². The maximum atomic E-state index is 5.82. The molecule has 1 atom stereocenters. The molecule has 1 saturated heterocycles. The van der Waals surface area contributed by atoms with Gasteiger partial charge in [-0.3, -0.25) is 0 Å². The van der Waals surface area contributed by atoms with Crippen LogP contribution >= 0.6 is 11.3 Å². The van der Waals surface area contributed by atoms with Crippen molar-refractivity contribution in [2.75, 3.05) is 31.7 Å². The van der Waals surface area contributed by atoms with Crippen molar-refractivity contribution in [1.82, 2.24) is 4.98 Å². The lowest BCUT2D eigenvalue weighted by molar-refractivity contribution is 0.0685. The molecule has 2 N–H and O–H groups in total. The third-order valence-corrected chi connectivity index (χ3v) is 4.15. The number of thiazole rings is 1. The SMILES string of the molecule is CC(N)c1csc(N(C)CC2CCOCC2)n1. The third kappa shape index (κ3) is 3.40. The van der Waals surface area contributed by atoms with Gasteiger partial charge in [0, 0.05) is 38.2 Å². The molecule has 4 nitrogen and oxygen atoms in total. The average Bonchev–Trinajstić information content (AvgIpc) is 2.79. The Hall–Kier alpha value is -0.650. The van der Waals surface area contributed by atoms with Crippen LogP contribution in [0.4, 0.5) is 5.13 Å². The van der Waals surface area contributed by atoms with Crippen molar-refractivity contribution in [1.29, 1.82) is 0 Å². The van der Waals surface area contributed by atoms with E-state index in [9.17, 15) is 0 Å². The molecular weight excluding hydrogens is 234 g/mol. The highest BCUT2D eigenvalue weighted by Crippen LogP contribution is 2.24. The van der Waals surface area contributed by atoms with Crippen molar-refractivity contribution in [3.63, 3.8) is 0 Å². The minimum atomic E-state index is 0.0245. The predicted molar refractivity (Wildman–Crippen MR) is 71.5 cm³/mol. The second kappa shape index (κ2) is 5.80. The van der Waals surface area contributed by atoms with Gasteiger partial charge in [0.15, 0.2) is 5.13 Å². The number of ether oxygens (including phenoxy) is 1. The van der Waals surface area contributed by atoms with E-state index in [1.165, 1.54) is 0 Å². The predicted octanol–water partition coefficient (Wildman–Crippen LogP) is 2.03. The molecule has 0 saturated carbocycles. The smallest absolute Gasteiger partial charge is 0.185 e. The summed E-state index contributed by atoms with van der Waals surface area (Å²) in [5.74, 6) is 0.733. The molecular formula is C12H21N3OS. The van der Waals surface area contributed by atoms with E-state index >= 15 is 0 Å². The highest BCUT2D eigenvalue weighted by Gasteiger charge is 2.17. The van der Waals surface area contributed by atoms with E-state index in [1.807, 2.05) is 6.92 Å². The molecule has 1 unspecified atom stereocenters. The molecule has 1 aliphatic heterocycles. The summed E-state index contributed by atoms with van der Waals surface area (Å²) in [4.78, 5) is 6.81. The zero-order chi connectivity index (χ0) is 12.3. The fourth-order valence-electron chi connectivity index (χ4n) is 2.06. The summed E-state index contributed by atoms with van der Waals surface area (Å²) in [6.45, 7) is 4.84. The first-order valence-electron chi connectivity index (χ1n) is 6.16. The van der Waals surface area contributed by atoms with E-state index < -0.39 is 0 Å². The monoisotopic (exact) mass is 255 g/mol. The van der Waals surface area contributed by atoms with Gasteiger partial charge < -0.3 is 15.4 Å². The van der Waals surface area contributed by atoms with Gasteiger partial charge in [-0.2, -0.15) is 0 Å². The summed E-state index contributed by atoms with van der Waals surface area (Å²) < 4.78 is 5.37. The molecule has 1 aliphatic rings. The van der Waals surface area contributed by atoms with Gasteiger partial charge in [0.2, 0.25) is 0 Å². The minimum absolute atomic E-state index is 0.0245. The number of aromatic nitrogens is 1. The molecule has 0 aliphatic carbocycles. The van der Waals surface area contributed by atoms with Crippen LogP contribution < -0.4 is 10.6 Å². The maximum absolute atomic E-state index is 5.82. The first kappa shape index (κ1) is 12.8. The van der Waals surface area contributed by atoms with Crippen LogP contribution in [-0.4, -0.2) is 31.8 Å². The Kier molecular flexibility index (Phi) is 4.36. The molecule has 0 bridgehead atoms. The maximum Gasteiger partial charge on any atom is 0.185 e. The molecule has 17 heavy (non-hydrogen) atoms. The summed E-state index contributed by atoms with van der Waals surface area (Å²) in [7, 11) is 2.11. The number of nitrogens with two attached hydrogens (primary N) is 1. The summed E-state index contributed by atoms with van der Waals surface area (Å²) >= 11 is 1.68. The Morgan fingerprint density at radius 2 is 2.29 bits per heavy atom. The Morgan fingerprint density at radius 3 is 2.88 bits per heavy atom. The number of hydrogen-bond donors (Lipinski definition) is 1. The topological polar surface area (TPSA) is 51.4 Å². The molecule has 2 rings (SSSR count). The van der Waals surface area contributed by atoms with Crippen LogP contribution in [0, 0.1) is 5.92 Å². The molecule has 0 spiro atoms. The van der Waals surface area contributed by atoms with Gasteiger partial charge in [-0.05, 0) is 25.7 Å². The standard InChI is InChI=1S/C12H21N3OS/c1-9(13)11-8-17-12(14-11)15(2)7-10-3-5-16-6-4-10/h8-10H,3-7,13H2,1-2H3. The van der Waals surface area contributed by atoms with Gasteiger partial charge in [-0.15, -0.1) is 11.3 Å². The first-order chi connectivity index (χ1) is 8.16. The average molecular weight is 255 g/mol. The van der Waals surface area contributed by atoms with Gasteiger partial charge in [0.25, 0.3) is 0 Å². The van der Waals surface area contributed by atoms with Crippen LogP contribution in [-0.2, 0) is 4.74 Å². The second-order valence-corrected chi connectivity index (χ2v) is 5.62. The van der Waals surface area contributed by atoms with E-state index in [0.717, 1.165) is 49.3 Å². The van der Waals surface area contributed by atoms with Crippen LogP contribution in [0.3, 0.4) is 0 Å². The quantitative estimate of drug-likeness (QED) is 0.894. The third-order valence-electron chi connectivity index (χ3n) is 3.18. The van der Waals surface area contributed by atoms with E-state index in [4.69, 9.17) is 10.5 Å². The van der Waals surface area contributed by atoms with Gasteiger partial charge in [0.05, 0.1) is 5.69 Å². The molecule has 2 heterocycles. The molecule has 96 valence electrons. The van der Waals surface area contributed by atoms with Crippen molar-refractivity contribution in [3.05, 3.63) is 11.1 Å². The van der Waals surface area contributed by atoms with E-state index in [-0.39, 0.29) is 6.04 Å². The molecule has 1 fully saturated rings. The summed E-state index contributed by atoms with van der Waals surface area (Å²) in [6, 6.07) is 0.0245. The van der Waals surface area contributed by atoms with Crippen LogP contribution in [0.2, 0.25) is 0 Å². The molecule has 0 radical (unpaired) electrons. The highest BCUT2D eigenvalue weighted by molar-refractivity contribution is 7.13. The zero-order valence-electron chi connectivity index (χ0n) is 10.6. The Labute approximate surface area is 107 Å². The zero-order valence-corrected chi connectivity index (χ0v) is 11.4. The van der Waals surface area contributed by atoms with Crippen LogP contribution in [0.1, 0.15) is 31.5 Å². The van der Waals surface area contributed by atoms with Gasteiger partial charge >= 0.3 is 0 Å². The van der Waals surface area contributed by atoms with Crippen molar-refractivity contribution in [2.45, 2.75) is 25.8 Å². The highest BCUT2D eigenvalue weighted by atomic mass is 32.1. The first-order valence-corrected chi connectivity index (χ1v) is 7.04. The molecule has 5 heteroatoms. The Bertz CT molecular complexity index is 347. The normalized spacial score (nSPS) is 19.2. The molecule has 1 aromatic heterocycles. The van der Waals surface area contributed by atoms with E-state index in [1.54, 1.807) is 11.3 Å². The summed E-state index contributed by atoms with van der Waals surface area (Å²) in [6.07, 6.45) is 2.33.